The lowest BCUT2D eigenvalue weighted by atomic mass is 9.99. The van der Waals surface area contributed by atoms with Crippen LogP contribution < -0.4 is 5.32 Å². The van der Waals surface area contributed by atoms with E-state index in [1.54, 1.807) is 6.08 Å². The molecule has 1 amide bonds. The van der Waals surface area contributed by atoms with Crippen molar-refractivity contribution in [3.63, 3.8) is 0 Å². The van der Waals surface area contributed by atoms with Gasteiger partial charge in [-0.05, 0) is 32.1 Å². The molecule has 0 spiro atoms. The summed E-state index contributed by atoms with van der Waals surface area (Å²) in [5, 5.41) is 54.0. The second-order valence-electron chi connectivity index (χ2n) is 17.2. The van der Waals surface area contributed by atoms with E-state index in [1.807, 2.05) is 6.08 Å². The molecular formula is C48H91NO10. The highest BCUT2D eigenvalue weighted by atomic mass is 16.7. The van der Waals surface area contributed by atoms with Gasteiger partial charge >= 0.3 is 5.97 Å². The van der Waals surface area contributed by atoms with Crippen molar-refractivity contribution in [2.24, 2.45) is 0 Å². The number of unbranched alkanes of at least 4 members (excludes halogenated alkanes) is 27. The summed E-state index contributed by atoms with van der Waals surface area (Å²) in [4.78, 5) is 24.9. The number of esters is 1. The summed E-state index contributed by atoms with van der Waals surface area (Å²) in [6.45, 7) is 4.23. The number of amides is 1. The predicted octanol–water partition coefficient (Wildman–Crippen LogP) is 9.27. The molecule has 348 valence electrons. The minimum absolute atomic E-state index is 0.0405. The van der Waals surface area contributed by atoms with Crippen molar-refractivity contribution < 1.29 is 49.3 Å². The van der Waals surface area contributed by atoms with Gasteiger partial charge in [0.25, 0.3) is 0 Å². The number of carbonyl (C=O) groups excluding carboxylic acids is 2. The largest absolute Gasteiger partial charge is 0.466 e. The average molecular weight is 842 g/mol. The highest BCUT2D eigenvalue weighted by Crippen LogP contribution is 2.23. The maximum atomic E-state index is 12.9. The summed E-state index contributed by atoms with van der Waals surface area (Å²) in [5.41, 5.74) is 0. The van der Waals surface area contributed by atoms with Crippen LogP contribution in [0.4, 0.5) is 0 Å². The van der Waals surface area contributed by atoms with Crippen molar-refractivity contribution >= 4 is 11.9 Å². The van der Waals surface area contributed by atoms with Crippen LogP contribution in [0.25, 0.3) is 0 Å². The van der Waals surface area contributed by atoms with Crippen LogP contribution in [0, 0.1) is 0 Å². The molecule has 0 aromatic carbocycles. The topological polar surface area (TPSA) is 175 Å². The molecule has 1 aliphatic rings. The molecule has 11 nitrogen and oxygen atoms in total. The molecule has 1 rings (SSSR count). The zero-order chi connectivity index (χ0) is 43.2. The van der Waals surface area contributed by atoms with Crippen molar-refractivity contribution in [1.82, 2.24) is 5.32 Å². The van der Waals surface area contributed by atoms with Crippen molar-refractivity contribution in [2.45, 2.75) is 262 Å². The van der Waals surface area contributed by atoms with E-state index in [-0.39, 0.29) is 18.5 Å². The lowest BCUT2D eigenvalue weighted by Crippen LogP contribution is -2.60. The van der Waals surface area contributed by atoms with Crippen molar-refractivity contribution in [2.75, 3.05) is 19.8 Å². The number of hydrogen-bond acceptors (Lipinski definition) is 10. The molecule has 1 aliphatic heterocycles. The van der Waals surface area contributed by atoms with E-state index in [1.165, 1.54) is 122 Å². The van der Waals surface area contributed by atoms with Gasteiger partial charge in [-0.3, -0.25) is 9.59 Å². The van der Waals surface area contributed by atoms with Gasteiger partial charge in [0, 0.05) is 12.8 Å². The van der Waals surface area contributed by atoms with Gasteiger partial charge in [0.05, 0.1) is 32.0 Å². The fraction of sp³-hybridized carbons (Fsp3) is 0.917. The Morgan fingerprint density at radius 3 is 1.58 bits per heavy atom. The van der Waals surface area contributed by atoms with Crippen LogP contribution in [0.1, 0.15) is 219 Å². The highest BCUT2D eigenvalue weighted by molar-refractivity contribution is 5.76. The smallest absolute Gasteiger partial charge is 0.305 e. The van der Waals surface area contributed by atoms with Crippen LogP contribution in [0.15, 0.2) is 12.2 Å². The summed E-state index contributed by atoms with van der Waals surface area (Å²) >= 11 is 0. The predicted molar refractivity (Wildman–Crippen MR) is 237 cm³/mol. The Morgan fingerprint density at radius 1 is 0.610 bits per heavy atom. The van der Waals surface area contributed by atoms with Gasteiger partial charge in [-0.1, -0.05) is 187 Å². The maximum absolute atomic E-state index is 12.9. The minimum atomic E-state index is -1.58. The fourth-order valence-corrected chi connectivity index (χ4v) is 7.67. The molecule has 0 bridgehead atoms. The lowest BCUT2D eigenvalue weighted by molar-refractivity contribution is -0.302. The van der Waals surface area contributed by atoms with E-state index < -0.39 is 49.5 Å². The van der Waals surface area contributed by atoms with Crippen LogP contribution >= 0.6 is 0 Å². The molecule has 0 saturated carbocycles. The van der Waals surface area contributed by atoms with E-state index in [0.29, 0.717) is 19.4 Å². The van der Waals surface area contributed by atoms with Crippen LogP contribution in [-0.4, -0.2) is 100 Å². The molecule has 0 aromatic heterocycles. The summed E-state index contributed by atoms with van der Waals surface area (Å²) in [5.74, 6) is -0.243. The first-order valence-corrected chi connectivity index (χ1v) is 24.5. The Balaban J connectivity index is 2.18. The van der Waals surface area contributed by atoms with E-state index in [2.05, 4.69) is 19.2 Å². The quantitative estimate of drug-likeness (QED) is 0.0198. The molecule has 1 saturated heterocycles. The van der Waals surface area contributed by atoms with Gasteiger partial charge < -0.3 is 45.1 Å². The number of hydrogen-bond donors (Lipinski definition) is 6. The van der Waals surface area contributed by atoms with Gasteiger partial charge in [-0.25, -0.2) is 0 Å². The molecule has 7 unspecified atom stereocenters. The molecule has 7 atom stereocenters. The Morgan fingerprint density at radius 2 is 1.07 bits per heavy atom. The molecule has 0 aromatic rings. The van der Waals surface area contributed by atoms with Gasteiger partial charge in [-0.15, -0.1) is 0 Å². The second kappa shape index (κ2) is 39.3. The SMILES string of the molecule is CCCCCCCCC/C=C/C(O)C(COC1OC(CO)C(O)C(O)C1O)NC(=O)CCCCCCCCCCCCCOC(=O)CCCCCCCCCCCCC. The molecule has 1 fully saturated rings. The number of aliphatic hydroxyl groups is 5. The van der Waals surface area contributed by atoms with Crippen molar-refractivity contribution in [1.29, 1.82) is 0 Å². The molecule has 1 heterocycles. The van der Waals surface area contributed by atoms with E-state index in [9.17, 15) is 35.1 Å². The molecular weight excluding hydrogens is 751 g/mol. The third kappa shape index (κ3) is 30.2. The first-order valence-electron chi connectivity index (χ1n) is 24.5. The number of nitrogens with one attached hydrogen (secondary N) is 1. The number of ether oxygens (including phenoxy) is 3. The summed E-state index contributed by atoms with van der Waals surface area (Å²) in [7, 11) is 0. The number of rotatable bonds is 41. The van der Waals surface area contributed by atoms with Crippen LogP contribution in [0.2, 0.25) is 0 Å². The lowest BCUT2D eigenvalue weighted by Gasteiger charge is -2.40. The molecule has 6 N–H and O–H groups in total. The Hall–Kier alpha value is -1.60. The van der Waals surface area contributed by atoms with Crippen LogP contribution in [0.3, 0.4) is 0 Å². The highest BCUT2D eigenvalue weighted by Gasteiger charge is 2.44. The normalized spacial score (nSPS) is 20.6. The van der Waals surface area contributed by atoms with Crippen LogP contribution in [-0.2, 0) is 23.8 Å². The van der Waals surface area contributed by atoms with Crippen molar-refractivity contribution in [3.05, 3.63) is 12.2 Å². The van der Waals surface area contributed by atoms with Gasteiger partial charge in [0.2, 0.25) is 5.91 Å². The standard InChI is InChI=1S/C48H91NO10/c1-3-5-7-9-11-13-15-20-24-28-32-36-44(53)57-37-33-29-25-21-17-14-16-19-23-27-31-35-43(52)49-40(41(51)34-30-26-22-18-12-10-8-6-4-2)39-58-48-47(56)46(55)45(54)42(38-50)59-48/h30,34,40-42,45-48,50-51,54-56H,3-29,31-33,35-39H2,1-2H3,(H,49,52)/b34-30+. The summed E-state index contributed by atoms with van der Waals surface area (Å²) in [6, 6.07) is -0.820. The van der Waals surface area contributed by atoms with Crippen LogP contribution in [0.5, 0.6) is 0 Å². The van der Waals surface area contributed by atoms with Gasteiger partial charge in [-0.2, -0.15) is 0 Å². The Bertz CT molecular complexity index is 997. The number of carbonyl (C=O) groups is 2. The zero-order valence-electron chi connectivity index (χ0n) is 37.7. The monoisotopic (exact) mass is 842 g/mol. The second-order valence-corrected chi connectivity index (χ2v) is 17.2. The maximum Gasteiger partial charge on any atom is 0.305 e. The Labute approximate surface area is 359 Å². The Kier molecular flexibility index (Phi) is 36.9. The molecule has 0 radical (unpaired) electrons. The van der Waals surface area contributed by atoms with Gasteiger partial charge in [0.1, 0.15) is 24.4 Å². The minimum Gasteiger partial charge on any atom is -0.466 e. The van der Waals surface area contributed by atoms with E-state index in [4.69, 9.17) is 14.2 Å². The third-order valence-corrected chi connectivity index (χ3v) is 11.7. The first-order chi connectivity index (χ1) is 28.7. The number of allylic oxidation sites excluding steroid dienone is 1. The summed E-state index contributed by atoms with van der Waals surface area (Å²) in [6.07, 6.45) is 31.4. The van der Waals surface area contributed by atoms with E-state index >= 15 is 0 Å². The molecule has 59 heavy (non-hydrogen) atoms. The average Bonchev–Trinajstić information content (AvgIpc) is 3.23. The van der Waals surface area contributed by atoms with E-state index in [0.717, 1.165) is 70.6 Å². The molecule has 11 heteroatoms. The zero-order valence-corrected chi connectivity index (χ0v) is 37.7. The third-order valence-electron chi connectivity index (χ3n) is 11.7. The van der Waals surface area contributed by atoms with Gasteiger partial charge in [0.15, 0.2) is 6.29 Å². The molecule has 0 aliphatic carbocycles. The number of aliphatic hydroxyl groups excluding tert-OH is 5. The first kappa shape index (κ1) is 55.4. The van der Waals surface area contributed by atoms with Crippen molar-refractivity contribution in [3.8, 4) is 0 Å². The summed E-state index contributed by atoms with van der Waals surface area (Å²) < 4.78 is 16.6. The fourth-order valence-electron chi connectivity index (χ4n) is 7.67.